The van der Waals surface area contributed by atoms with E-state index in [1.807, 2.05) is 6.92 Å². The Labute approximate surface area is 94.7 Å². The average molecular weight is 234 g/mol. The van der Waals surface area contributed by atoms with Gasteiger partial charge in [-0.3, -0.25) is 9.59 Å². The van der Waals surface area contributed by atoms with Gasteiger partial charge >= 0.3 is 11.9 Å². The molecule has 0 saturated heterocycles. The number of hydrogen-bond donors (Lipinski definition) is 0. The Bertz CT molecular complexity index is 206. The highest BCUT2D eigenvalue weighted by Crippen LogP contribution is 2.17. The van der Waals surface area contributed by atoms with E-state index in [1.54, 1.807) is 6.92 Å². The van der Waals surface area contributed by atoms with Crippen molar-refractivity contribution in [3.8, 4) is 0 Å². The molecule has 4 nitrogen and oxygen atoms in total. The first-order chi connectivity index (χ1) is 7.15. The first kappa shape index (κ1) is 14.3. The van der Waals surface area contributed by atoms with Crippen LogP contribution in [0.5, 0.6) is 0 Å². The molecule has 5 heteroatoms. The highest BCUT2D eigenvalue weighted by atomic mass is 32.2. The van der Waals surface area contributed by atoms with Gasteiger partial charge in [-0.2, -0.15) is 0 Å². The molecule has 0 aromatic carbocycles. The van der Waals surface area contributed by atoms with Crippen LogP contribution in [0, 0.1) is 0 Å². The van der Waals surface area contributed by atoms with Crippen molar-refractivity contribution in [2.75, 3.05) is 19.5 Å². The number of rotatable bonds is 7. The van der Waals surface area contributed by atoms with Crippen molar-refractivity contribution < 1.29 is 19.1 Å². The van der Waals surface area contributed by atoms with Crippen LogP contribution in [0.1, 0.15) is 26.7 Å². The highest BCUT2D eigenvalue weighted by molar-refractivity contribution is 8.00. The molecule has 0 saturated carbocycles. The van der Waals surface area contributed by atoms with E-state index in [0.29, 0.717) is 25.2 Å². The van der Waals surface area contributed by atoms with E-state index in [0.717, 1.165) is 0 Å². The van der Waals surface area contributed by atoms with E-state index in [2.05, 4.69) is 4.74 Å². The summed E-state index contributed by atoms with van der Waals surface area (Å²) in [5, 5.41) is -0.172. The molecule has 0 spiro atoms. The van der Waals surface area contributed by atoms with Gasteiger partial charge in [-0.15, -0.1) is 11.8 Å². The fourth-order valence-electron chi connectivity index (χ4n) is 0.974. The normalized spacial score (nSPS) is 11.9. The van der Waals surface area contributed by atoms with Gasteiger partial charge in [0, 0.05) is 5.75 Å². The molecule has 0 aliphatic heterocycles. The van der Waals surface area contributed by atoms with E-state index in [9.17, 15) is 9.59 Å². The highest BCUT2D eigenvalue weighted by Gasteiger charge is 2.18. The number of esters is 2. The summed E-state index contributed by atoms with van der Waals surface area (Å²) in [6.45, 7) is 4.10. The van der Waals surface area contributed by atoms with Gasteiger partial charge in [0.1, 0.15) is 5.25 Å². The molecule has 1 atom stereocenters. The lowest BCUT2D eigenvalue weighted by atomic mass is 10.3. The van der Waals surface area contributed by atoms with Gasteiger partial charge in [0.25, 0.3) is 0 Å². The molecule has 0 amide bonds. The summed E-state index contributed by atoms with van der Waals surface area (Å²) >= 11 is 1.44. The Balaban J connectivity index is 3.79. The number of carbonyl (C=O) groups excluding carboxylic acids is 2. The van der Waals surface area contributed by atoms with E-state index in [-0.39, 0.29) is 17.2 Å². The molecule has 0 fully saturated rings. The monoisotopic (exact) mass is 234 g/mol. The maximum atomic E-state index is 11.4. The summed E-state index contributed by atoms with van der Waals surface area (Å²) in [7, 11) is 1.36. The molecule has 88 valence electrons. The zero-order valence-electron chi connectivity index (χ0n) is 9.45. The summed E-state index contributed by atoms with van der Waals surface area (Å²) in [6.07, 6.45) is 1.04. The molecular weight excluding hydrogens is 216 g/mol. The molecule has 0 aliphatic rings. The number of carbonyl (C=O) groups is 2. The van der Waals surface area contributed by atoms with Crippen LogP contribution in [0.2, 0.25) is 0 Å². The summed E-state index contributed by atoms with van der Waals surface area (Å²) in [6, 6.07) is 0. The standard InChI is InChI=1S/C10H18O4S/c1-4-8(10(12)14-5-2)15-7-6-9(11)13-3/h8H,4-7H2,1-3H3. The first-order valence-corrected chi connectivity index (χ1v) is 6.05. The summed E-state index contributed by atoms with van der Waals surface area (Å²) in [4.78, 5) is 22.2. The minimum Gasteiger partial charge on any atom is -0.469 e. The van der Waals surface area contributed by atoms with Crippen molar-refractivity contribution in [1.29, 1.82) is 0 Å². The molecule has 15 heavy (non-hydrogen) atoms. The van der Waals surface area contributed by atoms with Gasteiger partial charge in [-0.25, -0.2) is 0 Å². The second-order valence-electron chi connectivity index (χ2n) is 2.85. The molecule has 0 radical (unpaired) electrons. The lowest BCUT2D eigenvalue weighted by Crippen LogP contribution is -2.20. The average Bonchev–Trinajstić information content (AvgIpc) is 2.24. The molecule has 0 bridgehead atoms. The quantitative estimate of drug-likeness (QED) is 0.627. The van der Waals surface area contributed by atoms with E-state index in [1.165, 1.54) is 18.9 Å². The van der Waals surface area contributed by atoms with Crippen molar-refractivity contribution in [1.82, 2.24) is 0 Å². The van der Waals surface area contributed by atoms with E-state index < -0.39 is 0 Å². The van der Waals surface area contributed by atoms with E-state index >= 15 is 0 Å². The second kappa shape index (κ2) is 8.59. The maximum absolute atomic E-state index is 11.4. The van der Waals surface area contributed by atoms with Crippen LogP contribution < -0.4 is 0 Å². The van der Waals surface area contributed by atoms with Crippen LogP contribution in [-0.2, 0) is 19.1 Å². The lowest BCUT2D eigenvalue weighted by molar-refractivity contribution is -0.143. The Morgan fingerprint density at radius 2 is 2.00 bits per heavy atom. The minimum absolute atomic E-state index is 0.172. The second-order valence-corrected chi connectivity index (χ2v) is 4.16. The van der Waals surface area contributed by atoms with Crippen molar-refractivity contribution in [2.45, 2.75) is 31.9 Å². The third-order valence-electron chi connectivity index (χ3n) is 1.77. The number of thioether (sulfide) groups is 1. The zero-order chi connectivity index (χ0) is 11.7. The van der Waals surface area contributed by atoms with Crippen LogP contribution in [0.4, 0.5) is 0 Å². The molecule has 1 unspecified atom stereocenters. The van der Waals surface area contributed by atoms with Gasteiger partial charge in [0.2, 0.25) is 0 Å². The third-order valence-corrected chi connectivity index (χ3v) is 3.14. The first-order valence-electron chi connectivity index (χ1n) is 5.00. The van der Waals surface area contributed by atoms with Crippen LogP contribution in [-0.4, -0.2) is 36.7 Å². The third kappa shape index (κ3) is 6.38. The Morgan fingerprint density at radius 3 is 2.47 bits per heavy atom. The molecular formula is C10H18O4S. The van der Waals surface area contributed by atoms with Gasteiger partial charge in [0.05, 0.1) is 20.1 Å². The predicted octanol–water partition coefficient (Wildman–Crippen LogP) is 1.62. The van der Waals surface area contributed by atoms with Crippen LogP contribution >= 0.6 is 11.8 Å². The zero-order valence-corrected chi connectivity index (χ0v) is 10.3. The predicted molar refractivity (Wildman–Crippen MR) is 59.8 cm³/mol. The molecule has 0 N–H and O–H groups in total. The molecule has 0 heterocycles. The maximum Gasteiger partial charge on any atom is 0.319 e. The van der Waals surface area contributed by atoms with Crippen LogP contribution in [0.3, 0.4) is 0 Å². The molecule has 0 aromatic rings. The van der Waals surface area contributed by atoms with Crippen molar-refractivity contribution in [2.24, 2.45) is 0 Å². The smallest absolute Gasteiger partial charge is 0.319 e. The number of methoxy groups -OCH3 is 1. The van der Waals surface area contributed by atoms with Crippen LogP contribution in [0.25, 0.3) is 0 Å². The van der Waals surface area contributed by atoms with Gasteiger partial charge in [-0.1, -0.05) is 6.92 Å². The van der Waals surface area contributed by atoms with Crippen molar-refractivity contribution in [3.63, 3.8) is 0 Å². The van der Waals surface area contributed by atoms with Gasteiger partial charge in [-0.05, 0) is 13.3 Å². The van der Waals surface area contributed by atoms with Crippen LogP contribution in [0.15, 0.2) is 0 Å². The Hall–Kier alpha value is -0.710. The SMILES string of the molecule is CCOC(=O)C(CC)SCCC(=O)OC. The fourth-order valence-corrected chi connectivity index (χ4v) is 1.98. The number of hydrogen-bond acceptors (Lipinski definition) is 5. The Kier molecular flexibility index (Phi) is 8.18. The van der Waals surface area contributed by atoms with Crippen molar-refractivity contribution >= 4 is 23.7 Å². The summed E-state index contributed by atoms with van der Waals surface area (Å²) < 4.78 is 9.41. The van der Waals surface area contributed by atoms with Gasteiger partial charge in [0.15, 0.2) is 0 Å². The van der Waals surface area contributed by atoms with Crippen molar-refractivity contribution in [3.05, 3.63) is 0 Å². The number of ether oxygens (including phenoxy) is 2. The molecule has 0 rings (SSSR count). The Morgan fingerprint density at radius 1 is 1.33 bits per heavy atom. The topological polar surface area (TPSA) is 52.6 Å². The lowest BCUT2D eigenvalue weighted by Gasteiger charge is -2.12. The largest absolute Gasteiger partial charge is 0.469 e. The summed E-state index contributed by atoms with van der Waals surface area (Å²) in [5.41, 5.74) is 0. The minimum atomic E-state index is -0.249. The molecule has 0 aromatic heterocycles. The molecule has 0 aliphatic carbocycles. The summed E-state index contributed by atoms with van der Waals surface area (Å²) in [5.74, 6) is 0.139. The fraction of sp³-hybridized carbons (Fsp3) is 0.800. The van der Waals surface area contributed by atoms with Gasteiger partial charge < -0.3 is 9.47 Å². The van der Waals surface area contributed by atoms with E-state index in [4.69, 9.17) is 4.74 Å².